The molecule has 0 aromatic heterocycles. The molecule has 0 atom stereocenters. The molecule has 2 aromatic rings. The van der Waals surface area contributed by atoms with Crippen LogP contribution in [0.15, 0.2) is 65.6 Å². The molecular weight excluding hydrogens is 289 g/mol. The van der Waals surface area contributed by atoms with Crippen molar-refractivity contribution in [2.24, 2.45) is 0 Å². The second kappa shape index (κ2) is 6.65. The zero-order chi connectivity index (χ0) is 15.3. The van der Waals surface area contributed by atoms with Gasteiger partial charge in [-0.3, -0.25) is 0 Å². The van der Waals surface area contributed by atoms with Gasteiger partial charge in [-0.25, -0.2) is 12.8 Å². The largest absolute Gasteiger partial charge is 0.243 e. The summed E-state index contributed by atoms with van der Waals surface area (Å²) in [5.74, 6) is -0.458. The first-order chi connectivity index (χ1) is 10.00. The molecule has 0 heterocycles. The number of hydrogen-bond donors (Lipinski definition) is 0. The van der Waals surface area contributed by atoms with Gasteiger partial charge in [0, 0.05) is 13.6 Å². The van der Waals surface area contributed by atoms with Gasteiger partial charge in [-0.05, 0) is 29.8 Å². The molecule has 0 aliphatic carbocycles. The summed E-state index contributed by atoms with van der Waals surface area (Å²) in [6, 6.07) is 14.4. The minimum atomic E-state index is -3.59. The van der Waals surface area contributed by atoms with E-state index >= 15 is 0 Å². The Hall–Kier alpha value is -1.98. The van der Waals surface area contributed by atoms with Crippen molar-refractivity contribution in [3.05, 3.63) is 72.1 Å². The maximum absolute atomic E-state index is 12.8. The molecule has 2 rings (SSSR count). The predicted molar refractivity (Wildman–Crippen MR) is 81.7 cm³/mol. The first kappa shape index (κ1) is 15.4. The minimum absolute atomic E-state index is 0.0829. The highest BCUT2D eigenvalue weighted by molar-refractivity contribution is 7.89. The van der Waals surface area contributed by atoms with Gasteiger partial charge in [-0.1, -0.05) is 42.5 Å². The SMILES string of the molecule is CN(C/C=C/c1ccccc1)S(=O)(=O)c1ccc(F)cc1. The third-order valence-corrected chi connectivity index (χ3v) is 4.83. The monoisotopic (exact) mass is 305 g/mol. The molecule has 21 heavy (non-hydrogen) atoms. The van der Waals surface area contributed by atoms with Gasteiger partial charge in [0.25, 0.3) is 0 Å². The maximum Gasteiger partial charge on any atom is 0.243 e. The summed E-state index contributed by atoms with van der Waals surface area (Å²) in [6.07, 6.45) is 3.63. The zero-order valence-corrected chi connectivity index (χ0v) is 12.4. The summed E-state index contributed by atoms with van der Waals surface area (Å²) in [7, 11) is -2.10. The van der Waals surface area contributed by atoms with Crippen molar-refractivity contribution in [1.82, 2.24) is 4.31 Å². The van der Waals surface area contributed by atoms with E-state index < -0.39 is 15.8 Å². The Morgan fingerprint density at radius 2 is 1.67 bits per heavy atom. The number of hydrogen-bond acceptors (Lipinski definition) is 2. The van der Waals surface area contributed by atoms with Crippen LogP contribution in [-0.4, -0.2) is 26.3 Å². The topological polar surface area (TPSA) is 37.4 Å². The number of likely N-dealkylation sites (N-methyl/N-ethyl adjacent to an activating group) is 1. The molecule has 0 amide bonds. The van der Waals surface area contributed by atoms with Crippen molar-refractivity contribution in [3.63, 3.8) is 0 Å². The summed E-state index contributed by atoms with van der Waals surface area (Å²) in [4.78, 5) is 0.0829. The molecule has 0 saturated heterocycles. The van der Waals surface area contributed by atoms with E-state index in [0.29, 0.717) is 0 Å². The normalized spacial score (nSPS) is 12.1. The Morgan fingerprint density at radius 1 is 1.05 bits per heavy atom. The number of rotatable bonds is 5. The third kappa shape index (κ3) is 4.00. The van der Waals surface area contributed by atoms with Gasteiger partial charge in [0.2, 0.25) is 10.0 Å². The van der Waals surface area contributed by atoms with Crippen LogP contribution in [-0.2, 0) is 10.0 Å². The van der Waals surface area contributed by atoms with E-state index in [0.717, 1.165) is 17.7 Å². The van der Waals surface area contributed by atoms with Crippen LogP contribution in [0.3, 0.4) is 0 Å². The molecule has 0 aliphatic heterocycles. The van der Waals surface area contributed by atoms with E-state index in [9.17, 15) is 12.8 Å². The lowest BCUT2D eigenvalue weighted by atomic mass is 10.2. The lowest BCUT2D eigenvalue weighted by Crippen LogP contribution is -2.27. The average Bonchev–Trinajstić information content (AvgIpc) is 2.48. The molecular formula is C16H16FNO2S. The molecule has 5 heteroatoms. The molecule has 0 N–H and O–H groups in total. The Bertz CT molecular complexity index is 710. The van der Waals surface area contributed by atoms with Gasteiger partial charge in [0.1, 0.15) is 5.82 Å². The molecule has 0 bridgehead atoms. The van der Waals surface area contributed by atoms with E-state index in [1.807, 2.05) is 36.4 Å². The Morgan fingerprint density at radius 3 is 2.29 bits per heavy atom. The summed E-state index contributed by atoms with van der Waals surface area (Å²) < 4.78 is 38.6. The standard InChI is InChI=1S/C16H16FNO2S/c1-18(13-5-8-14-6-3-2-4-7-14)21(19,20)16-11-9-15(17)10-12-16/h2-12H,13H2,1H3/b8-5+. The molecule has 3 nitrogen and oxygen atoms in total. The van der Waals surface area contributed by atoms with Gasteiger partial charge >= 0.3 is 0 Å². The van der Waals surface area contributed by atoms with Crippen LogP contribution >= 0.6 is 0 Å². The number of nitrogens with zero attached hydrogens (tertiary/aromatic N) is 1. The van der Waals surface area contributed by atoms with E-state index in [4.69, 9.17) is 0 Å². The number of halogens is 1. The van der Waals surface area contributed by atoms with Crippen LogP contribution in [0.4, 0.5) is 4.39 Å². The molecule has 0 fully saturated rings. The Kier molecular flexibility index (Phi) is 4.88. The molecule has 0 unspecified atom stereocenters. The second-order valence-electron chi connectivity index (χ2n) is 4.55. The first-order valence-electron chi connectivity index (χ1n) is 6.43. The number of benzene rings is 2. The summed E-state index contributed by atoms with van der Waals surface area (Å²) >= 11 is 0. The van der Waals surface area contributed by atoms with E-state index in [2.05, 4.69) is 0 Å². The van der Waals surface area contributed by atoms with Crippen molar-refractivity contribution < 1.29 is 12.8 Å². The summed E-state index contributed by atoms with van der Waals surface area (Å²) in [5, 5.41) is 0. The fourth-order valence-corrected chi connectivity index (χ4v) is 2.91. The van der Waals surface area contributed by atoms with Crippen LogP contribution in [0.5, 0.6) is 0 Å². The van der Waals surface area contributed by atoms with Crippen molar-refractivity contribution >= 4 is 16.1 Å². The minimum Gasteiger partial charge on any atom is -0.207 e. The van der Waals surface area contributed by atoms with Gasteiger partial charge in [0.15, 0.2) is 0 Å². The Labute approximate surface area is 124 Å². The highest BCUT2D eigenvalue weighted by atomic mass is 32.2. The van der Waals surface area contributed by atoms with Crippen LogP contribution in [0.1, 0.15) is 5.56 Å². The molecule has 0 spiro atoms. The molecule has 0 aliphatic rings. The number of sulfonamides is 1. The third-order valence-electron chi connectivity index (χ3n) is 2.99. The molecule has 0 radical (unpaired) electrons. The fraction of sp³-hybridized carbons (Fsp3) is 0.125. The molecule has 110 valence electrons. The van der Waals surface area contributed by atoms with Gasteiger partial charge in [-0.15, -0.1) is 0 Å². The van der Waals surface area contributed by atoms with Gasteiger partial charge in [-0.2, -0.15) is 4.31 Å². The Balaban J connectivity index is 2.07. The quantitative estimate of drug-likeness (QED) is 0.851. The lowest BCUT2D eigenvalue weighted by molar-refractivity contribution is 0.499. The van der Waals surface area contributed by atoms with Crippen molar-refractivity contribution in [3.8, 4) is 0 Å². The van der Waals surface area contributed by atoms with E-state index in [-0.39, 0.29) is 11.4 Å². The van der Waals surface area contributed by atoms with Crippen molar-refractivity contribution in [1.29, 1.82) is 0 Å². The highest BCUT2D eigenvalue weighted by Gasteiger charge is 2.19. The smallest absolute Gasteiger partial charge is 0.207 e. The molecule has 0 saturated carbocycles. The lowest BCUT2D eigenvalue weighted by Gasteiger charge is -2.15. The van der Waals surface area contributed by atoms with Crippen LogP contribution in [0.25, 0.3) is 6.08 Å². The van der Waals surface area contributed by atoms with E-state index in [1.165, 1.54) is 23.5 Å². The fourth-order valence-electron chi connectivity index (χ4n) is 1.79. The van der Waals surface area contributed by atoms with Crippen molar-refractivity contribution in [2.45, 2.75) is 4.90 Å². The highest BCUT2D eigenvalue weighted by Crippen LogP contribution is 2.14. The van der Waals surface area contributed by atoms with E-state index in [1.54, 1.807) is 6.08 Å². The summed E-state index contributed by atoms with van der Waals surface area (Å²) in [5.41, 5.74) is 1.00. The second-order valence-corrected chi connectivity index (χ2v) is 6.60. The average molecular weight is 305 g/mol. The molecule has 2 aromatic carbocycles. The van der Waals surface area contributed by atoms with Gasteiger partial charge < -0.3 is 0 Å². The maximum atomic E-state index is 12.8. The van der Waals surface area contributed by atoms with Crippen LogP contribution in [0.2, 0.25) is 0 Å². The first-order valence-corrected chi connectivity index (χ1v) is 7.87. The summed E-state index contributed by atoms with van der Waals surface area (Å²) in [6.45, 7) is 0.245. The predicted octanol–water partition coefficient (Wildman–Crippen LogP) is 3.16. The van der Waals surface area contributed by atoms with Crippen molar-refractivity contribution in [2.75, 3.05) is 13.6 Å². The van der Waals surface area contributed by atoms with Gasteiger partial charge in [0.05, 0.1) is 4.90 Å². The van der Waals surface area contributed by atoms with Crippen LogP contribution < -0.4 is 0 Å². The zero-order valence-electron chi connectivity index (χ0n) is 11.6. The van der Waals surface area contributed by atoms with Crippen LogP contribution in [0, 0.1) is 5.82 Å².